The number of ether oxygens (including phenoxy) is 1. The van der Waals surface area contributed by atoms with Gasteiger partial charge in [-0.25, -0.2) is 13.3 Å². The summed E-state index contributed by atoms with van der Waals surface area (Å²) in [6, 6.07) is 9.51. The molecular weight excluding hydrogens is 462 g/mol. The summed E-state index contributed by atoms with van der Waals surface area (Å²) in [7, 11) is -2.16. The van der Waals surface area contributed by atoms with Crippen LogP contribution < -0.4 is 4.74 Å². The molecule has 11 heteroatoms. The van der Waals surface area contributed by atoms with Gasteiger partial charge in [0.05, 0.1) is 29.9 Å². The Balaban J connectivity index is 1.77. The number of aromatic nitrogens is 1. The van der Waals surface area contributed by atoms with Gasteiger partial charge in [-0.05, 0) is 57.5 Å². The maximum atomic E-state index is 12.7. The molecule has 1 aromatic carbocycles. The van der Waals surface area contributed by atoms with E-state index in [1.54, 1.807) is 27.0 Å². The SMILES string of the molecule is COc1cccc(-n2c(C)cc(/C=C3/C(=N)N4C(=NC3=O)SN=C4S(=O)(=O)C(C)C)c2C)c1. The predicted octanol–water partition coefficient (Wildman–Crippen LogP) is 3.50. The number of sulfone groups is 1. The lowest BCUT2D eigenvalue weighted by Crippen LogP contribution is -2.46. The Hall–Kier alpha value is -3.18. The summed E-state index contributed by atoms with van der Waals surface area (Å²) in [6.07, 6.45) is 1.58. The molecule has 9 nitrogen and oxygen atoms in total. The van der Waals surface area contributed by atoms with Gasteiger partial charge < -0.3 is 9.30 Å². The highest BCUT2D eigenvalue weighted by atomic mass is 32.2. The number of nitrogens with zero attached hydrogens (tertiary/aromatic N) is 4. The monoisotopic (exact) mass is 485 g/mol. The fourth-order valence-electron chi connectivity index (χ4n) is 3.63. The van der Waals surface area contributed by atoms with E-state index in [4.69, 9.17) is 10.1 Å². The number of rotatable bonds is 4. The van der Waals surface area contributed by atoms with Gasteiger partial charge in [-0.3, -0.25) is 10.2 Å². The van der Waals surface area contributed by atoms with Crippen LogP contribution in [-0.2, 0) is 14.6 Å². The predicted molar refractivity (Wildman–Crippen MR) is 131 cm³/mol. The number of methoxy groups -OCH3 is 1. The van der Waals surface area contributed by atoms with Gasteiger partial charge in [0.15, 0.2) is 0 Å². The third kappa shape index (κ3) is 3.80. The molecule has 0 spiro atoms. The zero-order valence-electron chi connectivity index (χ0n) is 18.8. The smallest absolute Gasteiger partial charge is 0.283 e. The lowest BCUT2D eigenvalue weighted by molar-refractivity contribution is -0.114. The number of hydrogen-bond donors (Lipinski definition) is 1. The second-order valence-corrected chi connectivity index (χ2v) is 11.0. The van der Waals surface area contributed by atoms with Crippen LogP contribution in [0.1, 0.15) is 30.8 Å². The topological polar surface area (TPSA) is 117 Å². The molecule has 1 aromatic heterocycles. The third-order valence-corrected chi connectivity index (χ3v) is 8.29. The number of aliphatic imine (C=N–C) groups is 1. The van der Waals surface area contributed by atoms with Crippen molar-refractivity contribution in [3.8, 4) is 11.4 Å². The van der Waals surface area contributed by atoms with E-state index in [0.29, 0.717) is 0 Å². The first-order chi connectivity index (χ1) is 15.6. The molecular formula is C22H23N5O4S2. The molecule has 0 bridgehead atoms. The van der Waals surface area contributed by atoms with E-state index in [2.05, 4.69) is 9.39 Å². The minimum Gasteiger partial charge on any atom is -0.497 e. The minimum absolute atomic E-state index is 0.00111. The van der Waals surface area contributed by atoms with Gasteiger partial charge in [0.2, 0.25) is 20.2 Å². The van der Waals surface area contributed by atoms with Gasteiger partial charge in [0.1, 0.15) is 11.6 Å². The Morgan fingerprint density at radius 1 is 1.21 bits per heavy atom. The number of nitrogens with one attached hydrogen (secondary N) is 1. The van der Waals surface area contributed by atoms with E-state index >= 15 is 0 Å². The molecule has 0 atom stereocenters. The number of amidine groups is 3. The molecule has 0 saturated heterocycles. The van der Waals surface area contributed by atoms with Crippen LogP contribution in [0.3, 0.4) is 0 Å². The number of benzene rings is 1. The fraction of sp³-hybridized carbons (Fsp3) is 0.273. The van der Waals surface area contributed by atoms with Crippen LogP contribution in [0.2, 0.25) is 0 Å². The Bertz CT molecular complexity index is 1380. The Labute approximate surface area is 196 Å². The van der Waals surface area contributed by atoms with Gasteiger partial charge in [0, 0.05) is 23.1 Å². The van der Waals surface area contributed by atoms with Crippen LogP contribution in [0, 0.1) is 19.3 Å². The van der Waals surface area contributed by atoms with Crippen molar-refractivity contribution in [2.75, 3.05) is 7.11 Å². The van der Waals surface area contributed by atoms with E-state index in [9.17, 15) is 13.2 Å². The molecule has 0 radical (unpaired) electrons. The third-order valence-electron chi connectivity index (χ3n) is 5.45. The molecule has 1 amide bonds. The zero-order chi connectivity index (χ0) is 24.1. The Morgan fingerprint density at radius 3 is 2.61 bits per heavy atom. The summed E-state index contributed by atoms with van der Waals surface area (Å²) in [4.78, 5) is 17.9. The summed E-state index contributed by atoms with van der Waals surface area (Å²) in [6.45, 7) is 6.93. The van der Waals surface area contributed by atoms with Crippen molar-refractivity contribution in [2.24, 2.45) is 9.39 Å². The molecule has 1 N–H and O–H groups in total. The first-order valence-electron chi connectivity index (χ1n) is 10.1. The summed E-state index contributed by atoms with van der Waals surface area (Å²) >= 11 is 0.785. The number of hydrogen-bond acceptors (Lipinski definition) is 7. The van der Waals surface area contributed by atoms with E-state index < -0.39 is 21.0 Å². The molecule has 2 aromatic rings. The molecule has 4 rings (SSSR count). The second kappa shape index (κ2) is 8.31. The molecule has 3 heterocycles. The molecule has 0 fully saturated rings. The summed E-state index contributed by atoms with van der Waals surface area (Å²) in [5, 5.41) is 7.70. The molecule has 33 heavy (non-hydrogen) atoms. The number of aryl methyl sites for hydroxylation is 1. The highest BCUT2D eigenvalue weighted by molar-refractivity contribution is 8.16. The van der Waals surface area contributed by atoms with Crippen LogP contribution in [0.15, 0.2) is 45.3 Å². The van der Waals surface area contributed by atoms with Crippen LogP contribution in [0.5, 0.6) is 5.75 Å². The normalized spacial score (nSPS) is 17.5. The number of amides is 1. The van der Waals surface area contributed by atoms with E-state index in [1.807, 2.05) is 48.7 Å². The largest absolute Gasteiger partial charge is 0.497 e. The first-order valence-corrected chi connectivity index (χ1v) is 12.4. The standard InChI is InChI=1S/C22H23N5O4S2/c1-12(2)33(29,30)22-25-32-21-24-20(28)18(19(23)27(21)22)10-15-9-13(3)26(14(15)4)16-7-6-8-17(11-16)31-5/h6-12,23H,1-5H3/b18-10-,23-19?. The van der Waals surface area contributed by atoms with Crippen molar-refractivity contribution in [2.45, 2.75) is 32.9 Å². The first kappa shape index (κ1) is 23.0. The van der Waals surface area contributed by atoms with E-state index in [-0.39, 0.29) is 21.7 Å². The van der Waals surface area contributed by atoms with Crippen molar-refractivity contribution in [3.63, 3.8) is 0 Å². The van der Waals surface area contributed by atoms with Crippen LogP contribution in [0.4, 0.5) is 0 Å². The Morgan fingerprint density at radius 2 is 1.94 bits per heavy atom. The molecule has 2 aliphatic heterocycles. The second-order valence-electron chi connectivity index (χ2n) is 7.86. The minimum atomic E-state index is -3.77. The van der Waals surface area contributed by atoms with E-state index in [0.717, 1.165) is 45.2 Å². The molecule has 0 aliphatic carbocycles. The van der Waals surface area contributed by atoms with Crippen molar-refractivity contribution in [3.05, 3.63) is 52.9 Å². The molecule has 172 valence electrons. The van der Waals surface area contributed by atoms with Gasteiger partial charge in [0.25, 0.3) is 5.91 Å². The molecule has 0 unspecified atom stereocenters. The van der Waals surface area contributed by atoms with Crippen LogP contribution in [0.25, 0.3) is 11.8 Å². The summed E-state index contributed by atoms with van der Waals surface area (Å²) < 4.78 is 36.8. The molecule has 2 aliphatic rings. The zero-order valence-corrected chi connectivity index (χ0v) is 20.4. The lowest BCUT2D eigenvalue weighted by Gasteiger charge is -2.25. The van der Waals surface area contributed by atoms with Gasteiger partial charge in [-0.15, -0.1) is 0 Å². The Kier molecular flexibility index (Phi) is 5.79. The van der Waals surface area contributed by atoms with E-state index in [1.165, 1.54) is 0 Å². The van der Waals surface area contributed by atoms with Crippen molar-refractivity contribution >= 4 is 49.9 Å². The van der Waals surface area contributed by atoms with Gasteiger partial charge in [-0.1, -0.05) is 6.07 Å². The van der Waals surface area contributed by atoms with Crippen molar-refractivity contribution in [1.82, 2.24) is 9.47 Å². The highest BCUT2D eigenvalue weighted by Gasteiger charge is 2.43. The highest BCUT2D eigenvalue weighted by Crippen LogP contribution is 2.32. The quantitative estimate of drug-likeness (QED) is 0.523. The van der Waals surface area contributed by atoms with Gasteiger partial charge in [-0.2, -0.15) is 9.39 Å². The lowest BCUT2D eigenvalue weighted by atomic mass is 10.1. The molecule has 0 saturated carbocycles. The number of carbonyl (C=O) groups is 1. The van der Waals surface area contributed by atoms with Crippen LogP contribution in [-0.4, -0.2) is 52.3 Å². The summed E-state index contributed by atoms with van der Waals surface area (Å²) in [5.41, 5.74) is 3.39. The van der Waals surface area contributed by atoms with Crippen molar-refractivity contribution in [1.29, 1.82) is 5.41 Å². The number of carbonyl (C=O) groups excluding carboxylic acids is 1. The fourth-order valence-corrected chi connectivity index (χ4v) is 5.69. The summed E-state index contributed by atoms with van der Waals surface area (Å²) in [5.74, 6) is -0.150. The average molecular weight is 486 g/mol. The average Bonchev–Trinajstić information content (AvgIpc) is 3.31. The maximum Gasteiger partial charge on any atom is 0.283 e. The number of fused-ring (bicyclic) bond motifs is 1. The van der Waals surface area contributed by atoms with Crippen molar-refractivity contribution < 1.29 is 17.9 Å². The van der Waals surface area contributed by atoms with Crippen LogP contribution >= 0.6 is 11.9 Å². The maximum absolute atomic E-state index is 12.7. The van der Waals surface area contributed by atoms with Gasteiger partial charge >= 0.3 is 0 Å².